The third-order valence-corrected chi connectivity index (χ3v) is 3.17. The molecule has 0 aliphatic rings. The van der Waals surface area contributed by atoms with E-state index < -0.39 is 0 Å². The number of aryl methyl sites for hydroxylation is 2. The summed E-state index contributed by atoms with van der Waals surface area (Å²) >= 11 is 0. The lowest BCUT2D eigenvalue weighted by molar-refractivity contribution is 0.565. The maximum Gasteiger partial charge on any atom is 0.240 e. The Bertz CT molecular complexity index is 822. The van der Waals surface area contributed by atoms with Gasteiger partial charge < -0.3 is 0 Å². The highest BCUT2D eigenvalue weighted by Gasteiger charge is 2.09. The van der Waals surface area contributed by atoms with Gasteiger partial charge in [0.1, 0.15) is 0 Å². The molecule has 0 radical (unpaired) electrons. The minimum Gasteiger partial charge on any atom is -0.275 e. The maximum atomic E-state index is 10.2. The van der Waals surface area contributed by atoms with Gasteiger partial charge in [0.2, 0.25) is 6.08 Å². The molecule has 104 valence electrons. The fourth-order valence-electron chi connectivity index (χ4n) is 2.20. The average Bonchev–Trinajstić information content (AvgIpc) is 3.06. The zero-order valence-corrected chi connectivity index (χ0v) is 11.7. The summed E-state index contributed by atoms with van der Waals surface area (Å²) in [6.45, 7) is 1.96. The van der Waals surface area contributed by atoms with Crippen LogP contribution in [-0.2, 0) is 11.8 Å². The summed E-state index contributed by atoms with van der Waals surface area (Å²) in [5.41, 5.74) is 4.30. The fourth-order valence-corrected chi connectivity index (χ4v) is 2.20. The van der Waals surface area contributed by atoms with Crippen LogP contribution in [0.2, 0.25) is 0 Å². The van der Waals surface area contributed by atoms with Gasteiger partial charge in [0.05, 0.1) is 22.8 Å². The second-order valence-electron chi connectivity index (χ2n) is 4.67. The first-order valence-electron chi connectivity index (χ1n) is 6.42. The molecule has 2 heterocycles. The van der Waals surface area contributed by atoms with Crippen LogP contribution < -0.4 is 0 Å². The predicted molar refractivity (Wildman–Crippen MR) is 78.3 cm³/mol. The Morgan fingerprint density at radius 3 is 2.52 bits per heavy atom. The molecule has 3 rings (SSSR count). The normalized spacial score (nSPS) is 10.4. The van der Waals surface area contributed by atoms with Crippen LogP contribution in [-0.4, -0.2) is 25.6 Å². The molecule has 0 fully saturated rings. The topological polar surface area (TPSA) is 65.1 Å². The molecular formula is C15H13N5O. The van der Waals surface area contributed by atoms with E-state index in [4.69, 9.17) is 0 Å². The first-order valence-corrected chi connectivity index (χ1v) is 6.42. The molecule has 0 saturated heterocycles. The van der Waals surface area contributed by atoms with Gasteiger partial charge in [0, 0.05) is 25.0 Å². The van der Waals surface area contributed by atoms with Crippen LogP contribution in [0.3, 0.4) is 0 Å². The van der Waals surface area contributed by atoms with Crippen molar-refractivity contribution in [2.45, 2.75) is 6.92 Å². The molecular weight excluding hydrogens is 266 g/mol. The van der Waals surface area contributed by atoms with Crippen molar-refractivity contribution in [1.82, 2.24) is 19.6 Å². The van der Waals surface area contributed by atoms with E-state index in [0.717, 1.165) is 22.6 Å². The standard InChI is InChI=1S/C15H13N5O/c1-11-14(9-19(2)17-11)15-7-8-20(18-15)13-5-3-12(4-6-13)16-10-21/h3-9H,1-2H3. The van der Waals surface area contributed by atoms with E-state index in [0.29, 0.717) is 5.69 Å². The molecule has 0 N–H and O–H groups in total. The summed E-state index contributed by atoms with van der Waals surface area (Å²) in [6, 6.07) is 9.14. The predicted octanol–water partition coefficient (Wildman–Crippen LogP) is 2.55. The Balaban J connectivity index is 1.94. The monoisotopic (exact) mass is 279 g/mol. The Labute approximate surface area is 121 Å². The third kappa shape index (κ3) is 2.52. The van der Waals surface area contributed by atoms with Gasteiger partial charge in [-0.3, -0.25) is 4.68 Å². The summed E-state index contributed by atoms with van der Waals surface area (Å²) in [5.74, 6) is 0. The van der Waals surface area contributed by atoms with Crippen molar-refractivity contribution in [3.05, 3.63) is 48.4 Å². The minimum absolute atomic E-state index is 0.573. The second-order valence-corrected chi connectivity index (χ2v) is 4.67. The highest BCUT2D eigenvalue weighted by molar-refractivity contribution is 5.61. The van der Waals surface area contributed by atoms with Gasteiger partial charge in [-0.1, -0.05) is 0 Å². The first-order chi connectivity index (χ1) is 10.2. The Kier molecular flexibility index (Phi) is 3.22. The zero-order valence-electron chi connectivity index (χ0n) is 11.7. The van der Waals surface area contributed by atoms with E-state index in [2.05, 4.69) is 15.2 Å². The lowest BCUT2D eigenvalue weighted by Crippen LogP contribution is -1.94. The summed E-state index contributed by atoms with van der Waals surface area (Å²) in [4.78, 5) is 13.8. The van der Waals surface area contributed by atoms with Crippen molar-refractivity contribution < 1.29 is 4.79 Å². The Morgan fingerprint density at radius 2 is 1.90 bits per heavy atom. The molecule has 6 heteroatoms. The van der Waals surface area contributed by atoms with Crippen molar-refractivity contribution in [2.75, 3.05) is 0 Å². The number of benzene rings is 1. The van der Waals surface area contributed by atoms with E-state index >= 15 is 0 Å². The van der Waals surface area contributed by atoms with Crippen molar-refractivity contribution in [3.63, 3.8) is 0 Å². The van der Waals surface area contributed by atoms with Crippen LogP contribution in [0.5, 0.6) is 0 Å². The second kappa shape index (κ2) is 5.19. The summed E-state index contributed by atoms with van der Waals surface area (Å²) < 4.78 is 3.55. The van der Waals surface area contributed by atoms with E-state index in [-0.39, 0.29) is 0 Å². The molecule has 1 aromatic carbocycles. The number of aromatic nitrogens is 4. The molecule has 21 heavy (non-hydrogen) atoms. The van der Waals surface area contributed by atoms with Gasteiger partial charge in [0.15, 0.2) is 0 Å². The Hall–Kier alpha value is -2.98. The molecule has 0 amide bonds. The molecule has 6 nitrogen and oxygen atoms in total. The van der Waals surface area contributed by atoms with Gasteiger partial charge in [-0.2, -0.15) is 15.2 Å². The fraction of sp³-hybridized carbons (Fsp3) is 0.133. The molecule has 0 aliphatic heterocycles. The van der Waals surface area contributed by atoms with E-state index in [1.165, 1.54) is 6.08 Å². The number of rotatable bonds is 3. The highest BCUT2D eigenvalue weighted by atomic mass is 16.1. The van der Waals surface area contributed by atoms with Gasteiger partial charge in [-0.15, -0.1) is 0 Å². The smallest absolute Gasteiger partial charge is 0.240 e. The van der Waals surface area contributed by atoms with Crippen LogP contribution in [0, 0.1) is 6.92 Å². The van der Waals surface area contributed by atoms with Crippen molar-refractivity contribution >= 4 is 11.8 Å². The van der Waals surface area contributed by atoms with Crippen molar-refractivity contribution in [1.29, 1.82) is 0 Å². The SMILES string of the molecule is Cc1nn(C)cc1-c1ccn(-c2ccc(N=C=O)cc2)n1. The van der Waals surface area contributed by atoms with Gasteiger partial charge in [-0.25, -0.2) is 9.48 Å². The number of aliphatic imine (C=N–C) groups is 1. The molecule has 0 bridgehead atoms. The molecule has 0 aliphatic carbocycles. The summed E-state index contributed by atoms with van der Waals surface area (Å²) in [7, 11) is 1.89. The minimum atomic E-state index is 0.573. The van der Waals surface area contributed by atoms with Crippen molar-refractivity contribution in [2.24, 2.45) is 12.0 Å². The highest BCUT2D eigenvalue weighted by Crippen LogP contribution is 2.22. The lowest BCUT2D eigenvalue weighted by Gasteiger charge is -2.01. The van der Waals surface area contributed by atoms with Crippen LogP contribution in [0.25, 0.3) is 16.9 Å². The Morgan fingerprint density at radius 1 is 1.14 bits per heavy atom. The first kappa shape index (κ1) is 13.0. The van der Waals surface area contributed by atoms with Crippen LogP contribution in [0.15, 0.2) is 47.7 Å². The van der Waals surface area contributed by atoms with E-state index in [1.54, 1.807) is 21.5 Å². The van der Waals surface area contributed by atoms with Crippen LogP contribution in [0.4, 0.5) is 5.69 Å². The van der Waals surface area contributed by atoms with Gasteiger partial charge in [0.25, 0.3) is 0 Å². The molecule has 0 atom stereocenters. The molecule has 2 aromatic heterocycles. The van der Waals surface area contributed by atoms with Gasteiger partial charge in [-0.05, 0) is 37.3 Å². The number of carbonyl (C=O) groups excluding carboxylic acids is 1. The van der Waals surface area contributed by atoms with Crippen molar-refractivity contribution in [3.8, 4) is 16.9 Å². The van der Waals surface area contributed by atoms with Crippen LogP contribution >= 0.6 is 0 Å². The third-order valence-electron chi connectivity index (χ3n) is 3.17. The number of hydrogen-bond donors (Lipinski definition) is 0. The average molecular weight is 279 g/mol. The summed E-state index contributed by atoms with van der Waals surface area (Å²) in [6.07, 6.45) is 5.36. The number of hydrogen-bond acceptors (Lipinski definition) is 4. The molecule has 3 aromatic rings. The summed E-state index contributed by atoms with van der Waals surface area (Å²) in [5, 5.41) is 8.88. The molecule has 0 saturated carbocycles. The lowest BCUT2D eigenvalue weighted by atomic mass is 10.2. The molecule has 0 spiro atoms. The largest absolute Gasteiger partial charge is 0.275 e. The quantitative estimate of drug-likeness (QED) is 0.546. The van der Waals surface area contributed by atoms with E-state index in [1.807, 2.05) is 44.6 Å². The van der Waals surface area contributed by atoms with Gasteiger partial charge >= 0.3 is 0 Å². The molecule has 0 unspecified atom stereocenters. The zero-order chi connectivity index (χ0) is 14.8. The van der Waals surface area contributed by atoms with Crippen LogP contribution in [0.1, 0.15) is 5.69 Å². The number of nitrogens with zero attached hydrogens (tertiary/aromatic N) is 5. The maximum absolute atomic E-state index is 10.2. The number of isocyanates is 1. The van der Waals surface area contributed by atoms with E-state index in [9.17, 15) is 4.79 Å².